The smallest absolute Gasteiger partial charge is 0.233 e. The largest absolute Gasteiger partial charge is 0.369 e. The van der Waals surface area contributed by atoms with Gasteiger partial charge in [0.1, 0.15) is 5.82 Å². The first-order valence-electron chi connectivity index (χ1n) is 8.08. The molecule has 1 aliphatic heterocycles. The first kappa shape index (κ1) is 18.6. The van der Waals surface area contributed by atoms with Crippen molar-refractivity contribution in [1.82, 2.24) is 15.1 Å². The van der Waals surface area contributed by atoms with Gasteiger partial charge in [0.15, 0.2) is 4.34 Å². The molecule has 2 amide bonds. The molecule has 0 atom stereocenters. The molecule has 0 unspecified atom stereocenters. The molecule has 1 aliphatic rings. The van der Waals surface area contributed by atoms with Crippen LogP contribution in [0.2, 0.25) is 0 Å². The van der Waals surface area contributed by atoms with Gasteiger partial charge in [-0.05, 0) is 25.0 Å². The van der Waals surface area contributed by atoms with Crippen LogP contribution >= 0.6 is 23.1 Å². The topological polar surface area (TPSA) is 101 Å². The molecule has 1 fully saturated rings. The number of benzene rings is 1. The summed E-state index contributed by atoms with van der Waals surface area (Å²) in [5, 5.41) is 11.3. The molecule has 0 radical (unpaired) electrons. The lowest BCUT2D eigenvalue weighted by Crippen LogP contribution is -2.42. The van der Waals surface area contributed by atoms with Crippen molar-refractivity contribution >= 4 is 45.7 Å². The molecular formula is C16H18FN5O2S2. The summed E-state index contributed by atoms with van der Waals surface area (Å²) in [6, 6.07) is 6.31. The number of nitrogens with zero attached hydrogens (tertiary/aromatic N) is 3. The van der Waals surface area contributed by atoms with Crippen LogP contribution in [0.25, 0.3) is 0 Å². The predicted molar refractivity (Wildman–Crippen MR) is 98.8 cm³/mol. The quantitative estimate of drug-likeness (QED) is 0.728. The summed E-state index contributed by atoms with van der Waals surface area (Å²) < 4.78 is 14.3. The maximum absolute atomic E-state index is 13.6. The number of thioether (sulfide) groups is 1. The van der Waals surface area contributed by atoms with E-state index in [1.165, 1.54) is 29.2 Å². The van der Waals surface area contributed by atoms with Crippen LogP contribution in [0.4, 0.5) is 15.2 Å². The molecule has 138 valence electrons. The van der Waals surface area contributed by atoms with Crippen LogP contribution in [0.3, 0.4) is 0 Å². The molecule has 7 nitrogen and oxygen atoms in total. The fourth-order valence-electron chi connectivity index (χ4n) is 2.62. The van der Waals surface area contributed by atoms with E-state index in [2.05, 4.69) is 15.5 Å². The Hall–Kier alpha value is -2.20. The van der Waals surface area contributed by atoms with Crippen LogP contribution in [0.1, 0.15) is 12.8 Å². The number of primary amides is 1. The average molecular weight is 395 g/mol. The monoisotopic (exact) mass is 395 g/mol. The third-order valence-corrected chi connectivity index (χ3v) is 6.05. The highest BCUT2D eigenvalue weighted by Crippen LogP contribution is 2.29. The van der Waals surface area contributed by atoms with Crippen LogP contribution < -0.4 is 11.1 Å². The number of amides is 2. The summed E-state index contributed by atoms with van der Waals surface area (Å²) in [7, 11) is 0. The van der Waals surface area contributed by atoms with Crippen LogP contribution in [-0.4, -0.2) is 45.8 Å². The number of likely N-dealkylation sites (tertiary alicyclic amines) is 1. The normalized spacial score (nSPS) is 15.0. The van der Waals surface area contributed by atoms with Gasteiger partial charge in [-0.1, -0.05) is 35.2 Å². The second-order valence-corrected chi connectivity index (χ2v) is 8.02. The van der Waals surface area contributed by atoms with E-state index in [-0.39, 0.29) is 29.3 Å². The number of para-hydroxylation sites is 1. The van der Waals surface area contributed by atoms with Crippen LogP contribution in [-0.2, 0) is 9.59 Å². The molecule has 1 saturated heterocycles. The van der Waals surface area contributed by atoms with Crippen LogP contribution in [0.15, 0.2) is 28.6 Å². The molecule has 3 N–H and O–H groups in total. The Labute approximate surface area is 158 Å². The number of nitrogens with two attached hydrogens (primary N) is 1. The summed E-state index contributed by atoms with van der Waals surface area (Å²) in [5.41, 5.74) is 5.63. The molecule has 0 aliphatic carbocycles. The number of hydrogen-bond donors (Lipinski definition) is 2. The highest BCUT2D eigenvalue weighted by molar-refractivity contribution is 8.01. The second-order valence-electron chi connectivity index (χ2n) is 5.82. The van der Waals surface area contributed by atoms with E-state index in [9.17, 15) is 14.0 Å². The molecule has 2 heterocycles. The van der Waals surface area contributed by atoms with Gasteiger partial charge in [0.05, 0.1) is 11.4 Å². The molecule has 1 aromatic heterocycles. The minimum Gasteiger partial charge on any atom is -0.369 e. The highest BCUT2D eigenvalue weighted by atomic mass is 32.2. The van der Waals surface area contributed by atoms with Crippen molar-refractivity contribution in [1.29, 1.82) is 0 Å². The Morgan fingerprint density at radius 1 is 1.31 bits per heavy atom. The lowest BCUT2D eigenvalue weighted by atomic mass is 9.96. The summed E-state index contributed by atoms with van der Waals surface area (Å²) in [4.78, 5) is 25.2. The van der Waals surface area contributed by atoms with Gasteiger partial charge in [0.25, 0.3) is 0 Å². The number of anilines is 2. The number of nitrogens with one attached hydrogen (secondary N) is 1. The summed E-state index contributed by atoms with van der Waals surface area (Å²) >= 11 is 2.55. The van der Waals surface area contributed by atoms with Gasteiger partial charge in [-0.2, -0.15) is 0 Å². The zero-order valence-corrected chi connectivity index (χ0v) is 15.5. The maximum atomic E-state index is 13.6. The van der Waals surface area contributed by atoms with E-state index in [0.29, 0.717) is 41.1 Å². The molecule has 0 spiro atoms. The molecule has 3 rings (SSSR count). The van der Waals surface area contributed by atoms with E-state index in [4.69, 9.17) is 5.73 Å². The predicted octanol–water partition coefficient (Wildman–Crippen LogP) is 2.24. The minimum atomic E-state index is -0.369. The Balaban J connectivity index is 1.48. The molecule has 0 bridgehead atoms. The van der Waals surface area contributed by atoms with Gasteiger partial charge in [-0.15, -0.1) is 10.2 Å². The van der Waals surface area contributed by atoms with Crippen molar-refractivity contribution in [3.05, 3.63) is 30.1 Å². The Morgan fingerprint density at radius 3 is 2.73 bits per heavy atom. The van der Waals surface area contributed by atoms with E-state index >= 15 is 0 Å². The molecule has 26 heavy (non-hydrogen) atoms. The fraction of sp³-hybridized carbons (Fsp3) is 0.375. The van der Waals surface area contributed by atoms with E-state index in [1.807, 2.05) is 0 Å². The lowest BCUT2D eigenvalue weighted by molar-refractivity contribution is -0.132. The molecular weight excluding hydrogens is 377 g/mol. The van der Waals surface area contributed by atoms with E-state index < -0.39 is 0 Å². The van der Waals surface area contributed by atoms with Gasteiger partial charge in [-0.25, -0.2) is 4.39 Å². The Morgan fingerprint density at radius 2 is 2.04 bits per heavy atom. The first-order chi connectivity index (χ1) is 12.5. The number of rotatable bonds is 6. The SMILES string of the molecule is NC(=O)C1CCN(C(=O)CSc2nnc(Nc3ccccc3F)s2)CC1. The number of piperidine rings is 1. The summed E-state index contributed by atoms with van der Waals surface area (Å²) in [6.45, 7) is 1.09. The van der Waals surface area contributed by atoms with Gasteiger partial charge < -0.3 is 16.0 Å². The number of carbonyl (C=O) groups excluding carboxylic acids is 2. The number of halogens is 1. The molecule has 1 aromatic carbocycles. The highest BCUT2D eigenvalue weighted by Gasteiger charge is 2.25. The number of carbonyl (C=O) groups is 2. The fourth-order valence-corrected chi connectivity index (χ4v) is 4.29. The maximum Gasteiger partial charge on any atom is 0.233 e. The van der Waals surface area contributed by atoms with E-state index in [1.54, 1.807) is 23.1 Å². The van der Waals surface area contributed by atoms with Gasteiger partial charge in [0, 0.05) is 19.0 Å². The average Bonchev–Trinajstić information content (AvgIpc) is 3.09. The summed E-state index contributed by atoms with van der Waals surface area (Å²) in [5.74, 6) is -0.560. The van der Waals surface area contributed by atoms with Crippen LogP contribution in [0.5, 0.6) is 0 Å². The van der Waals surface area contributed by atoms with Crippen molar-refractivity contribution in [3.63, 3.8) is 0 Å². The van der Waals surface area contributed by atoms with Crippen molar-refractivity contribution in [3.8, 4) is 0 Å². The van der Waals surface area contributed by atoms with Crippen molar-refractivity contribution < 1.29 is 14.0 Å². The third-order valence-electron chi connectivity index (χ3n) is 4.09. The third kappa shape index (κ3) is 4.70. The molecule has 10 heteroatoms. The first-order valence-corrected chi connectivity index (χ1v) is 9.88. The van der Waals surface area contributed by atoms with Gasteiger partial charge in [0.2, 0.25) is 16.9 Å². The van der Waals surface area contributed by atoms with E-state index in [0.717, 1.165) is 0 Å². The molecule has 0 saturated carbocycles. The second kappa shape index (κ2) is 8.45. The minimum absolute atomic E-state index is 0.00302. The standard InChI is InChI=1S/C16H18FN5O2S2/c17-11-3-1-2-4-12(11)19-15-20-21-16(26-15)25-9-13(23)22-7-5-10(6-8-22)14(18)24/h1-4,10H,5-9H2,(H2,18,24)(H,19,20). The van der Waals surface area contributed by atoms with Crippen LogP contribution in [0, 0.1) is 11.7 Å². The zero-order chi connectivity index (χ0) is 18.5. The molecule has 2 aromatic rings. The van der Waals surface area contributed by atoms with Crippen molar-refractivity contribution in [2.24, 2.45) is 11.7 Å². The van der Waals surface area contributed by atoms with Crippen molar-refractivity contribution in [2.45, 2.75) is 17.2 Å². The van der Waals surface area contributed by atoms with Crippen molar-refractivity contribution in [2.75, 3.05) is 24.2 Å². The number of hydrogen-bond acceptors (Lipinski definition) is 7. The lowest BCUT2D eigenvalue weighted by Gasteiger charge is -2.30. The Bertz CT molecular complexity index is 792. The van der Waals surface area contributed by atoms with Gasteiger partial charge in [-0.3, -0.25) is 9.59 Å². The Kier molecular flexibility index (Phi) is 6.04. The zero-order valence-electron chi connectivity index (χ0n) is 13.9. The number of aromatic nitrogens is 2. The summed E-state index contributed by atoms with van der Waals surface area (Å²) in [6.07, 6.45) is 1.22. The van der Waals surface area contributed by atoms with Gasteiger partial charge >= 0.3 is 0 Å².